The molecule has 2 amide bonds. The van der Waals surface area contributed by atoms with E-state index < -0.39 is 6.04 Å². The number of ether oxygens (including phenoxy) is 1. The number of anilines is 1. The lowest BCUT2D eigenvalue weighted by molar-refractivity contribution is -0.124. The molecular weight excluding hydrogens is 258 g/mol. The summed E-state index contributed by atoms with van der Waals surface area (Å²) in [7, 11) is 3.10. The highest BCUT2D eigenvalue weighted by Gasteiger charge is 2.34. The van der Waals surface area contributed by atoms with Crippen LogP contribution in [0.2, 0.25) is 0 Å². The minimum Gasteiger partial charge on any atom is -0.497 e. The van der Waals surface area contributed by atoms with Gasteiger partial charge in [0.2, 0.25) is 5.91 Å². The van der Waals surface area contributed by atoms with Crippen LogP contribution in [0, 0.1) is 0 Å². The first kappa shape index (κ1) is 14.2. The van der Waals surface area contributed by atoms with Gasteiger partial charge in [-0.25, -0.2) is 0 Å². The van der Waals surface area contributed by atoms with Crippen LogP contribution in [0.3, 0.4) is 0 Å². The zero-order valence-corrected chi connectivity index (χ0v) is 11.7. The third-order valence-corrected chi connectivity index (χ3v) is 3.47. The van der Waals surface area contributed by atoms with Crippen LogP contribution in [0.1, 0.15) is 23.2 Å². The third-order valence-electron chi connectivity index (χ3n) is 3.47. The maximum Gasteiger partial charge on any atom is 0.254 e. The second kappa shape index (κ2) is 5.81. The molecule has 20 heavy (non-hydrogen) atoms. The number of hydrogen-bond donors (Lipinski definition) is 2. The molecule has 0 radical (unpaired) electrons. The Morgan fingerprint density at radius 2 is 2.15 bits per heavy atom. The van der Waals surface area contributed by atoms with Gasteiger partial charge in [0.1, 0.15) is 11.8 Å². The zero-order chi connectivity index (χ0) is 14.7. The van der Waals surface area contributed by atoms with E-state index in [-0.39, 0.29) is 11.8 Å². The minimum absolute atomic E-state index is 0.133. The number of amides is 2. The number of likely N-dealkylation sites (N-methyl/N-ethyl adjacent to an activating group) is 1. The molecule has 3 N–H and O–H groups in total. The summed E-state index contributed by atoms with van der Waals surface area (Å²) in [6.45, 7) is 0.577. The normalized spacial score (nSPS) is 17.9. The van der Waals surface area contributed by atoms with E-state index in [9.17, 15) is 9.59 Å². The topological polar surface area (TPSA) is 84.7 Å². The van der Waals surface area contributed by atoms with Crippen LogP contribution in [0.15, 0.2) is 18.2 Å². The van der Waals surface area contributed by atoms with Crippen molar-refractivity contribution in [2.45, 2.75) is 18.9 Å². The standard InChI is InChI=1S/C14H19N3O3/c1-16-13(18)12-4-3-5-17(12)14(19)9-6-10(15)8-11(7-9)20-2/h6-8,12H,3-5,15H2,1-2H3,(H,16,18). The lowest BCUT2D eigenvalue weighted by atomic mass is 10.1. The van der Waals surface area contributed by atoms with Crippen LogP contribution in [-0.4, -0.2) is 43.5 Å². The first-order valence-corrected chi connectivity index (χ1v) is 6.54. The highest BCUT2D eigenvalue weighted by molar-refractivity contribution is 5.98. The van der Waals surface area contributed by atoms with E-state index in [1.165, 1.54) is 7.11 Å². The van der Waals surface area contributed by atoms with Crippen molar-refractivity contribution in [2.75, 3.05) is 26.4 Å². The van der Waals surface area contributed by atoms with Gasteiger partial charge in [-0.2, -0.15) is 0 Å². The van der Waals surface area contributed by atoms with E-state index >= 15 is 0 Å². The van der Waals surface area contributed by atoms with Gasteiger partial charge in [-0.1, -0.05) is 0 Å². The number of nitrogens with zero attached hydrogens (tertiary/aromatic N) is 1. The number of hydrogen-bond acceptors (Lipinski definition) is 4. The van der Waals surface area contributed by atoms with Crippen molar-refractivity contribution in [3.63, 3.8) is 0 Å². The predicted molar refractivity (Wildman–Crippen MR) is 75.5 cm³/mol. The van der Waals surface area contributed by atoms with Gasteiger partial charge in [0.05, 0.1) is 7.11 Å². The molecule has 108 valence electrons. The van der Waals surface area contributed by atoms with Gasteiger partial charge >= 0.3 is 0 Å². The van der Waals surface area contributed by atoms with E-state index in [2.05, 4.69) is 5.32 Å². The molecule has 0 aromatic heterocycles. The summed E-state index contributed by atoms with van der Waals surface area (Å²) in [5.41, 5.74) is 6.67. The highest BCUT2D eigenvalue weighted by atomic mass is 16.5. The molecule has 1 aliphatic heterocycles. The fourth-order valence-electron chi connectivity index (χ4n) is 2.48. The molecule has 6 heteroatoms. The number of methoxy groups -OCH3 is 1. The first-order valence-electron chi connectivity index (χ1n) is 6.54. The van der Waals surface area contributed by atoms with E-state index in [0.29, 0.717) is 30.0 Å². The molecule has 0 aliphatic carbocycles. The lowest BCUT2D eigenvalue weighted by Crippen LogP contribution is -2.44. The summed E-state index contributed by atoms with van der Waals surface area (Å²) in [5, 5.41) is 2.59. The van der Waals surface area contributed by atoms with E-state index in [0.717, 1.165) is 6.42 Å². The lowest BCUT2D eigenvalue weighted by Gasteiger charge is -2.23. The fraction of sp³-hybridized carbons (Fsp3) is 0.429. The molecule has 1 fully saturated rings. The van der Waals surface area contributed by atoms with Crippen LogP contribution >= 0.6 is 0 Å². The van der Waals surface area contributed by atoms with Gasteiger partial charge in [-0.05, 0) is 25.0 Å². The Bertz CT molecular complexity index is 530. The minimum atomic E-state index is -0.403. The van der Waals surface area contributed by atoms with Crippen molar-refractivity contribution in [3.8, 4) is 5.75 Å². The molecule has 0 bridgehead atoms. The first-order chi connectivity index (χ1) is 9.56. The number of rotatable bonds is 3. The Morgan fingerprint density at radius 3 is 2.80 bits per heavy atom. The molecule has 1 unspecified atom stereocenters. The Labute approximate surface area is 117 Å². The van der Waals surface area contributed by atoms with E-state index in [1.807, 2.05) is 0 Å². The van der Waals surface area contributed by atoms with Gasteiger partial charge in [0.15, 0.2) is 0 Å². The Balaban J connectivity index is 2.26. The summed E-state index contributed by atoms with van der Waals surface area (Å²) >= 11 is 0. The number of nitrogen functional groups attached to an aromatic ring is 1. The second-order valence-corrected chi connectivity index (χ2v) is 4.77. The largest absolute Gasteiger partial charge is 0.497 e. The van der Waals surface area contributed by atoms with Crippen molar-refractivity contribution >= 4 is 17.5 Å². The SMILES string of the molecule is CNC(=O)C1CCCN1C(=O)c1cc(N)cc(OC)c1. The third kappa shape index (κ3) is 2.68. The van der Waals surface area contributed by atoms with E-state index in [4.69, 9.17) is 10.5 Å². The van der Waals surface area contributed by atoms with Crippen LogP contribution in [0.4, 0.5) is 5.69 Å². The van der Waals surface area contributed by atoms with Crippen molar-refractivity contribution < 1.29 is 14.3 Å². The Kier molecular flexibility index (Phi) is 4.12. The van der Waals surface area contributed by atoms with Gasteiger partial charge in [-0.3, -0.25) is 9.59 Å². The summed E-state index contributed by atoms with van der Waals surface area (Å²) in [6.07, 6.45) is 1.51. The number of likely N-dealkylation sites (tertiary alicyclic amines) is 1. The molecule has 1 atom stereocenters. The van der Waals surface area contributed by atoms with Gasteiger partial charge in [-0.15, -0.1) is 0 Å². The summed E-state index contributed by atoms with van der Waals surface area (Å²) in [5.74, 6) is 0.206. The number of carbonyl (C=O) groups excluding carboxylic acids is 2. The molecule has 1 aliphatic rings. The van der Waals surface area contributed by atoms with Crippen molar-refractivity contribution in [2.24, 2.45) is 0 Å². The number of nitrogens with one attached hydrogen (secondary N) is 1. The summed E-state index contributed by atoms with van der Waals surface area (Å²) in [4.78, 5) is 25.9. The Morgan fingerprint density at radius 1 is 1.40 bits per heavy atom. The second-order valence-electron chi connectivity index (χ2n) is 4.77. The zero-order valence-electron chi connectivity index (χ0n) is 11.7. The van der Waals surface area contributed by atoms with Crippen molar-refractivity contribution in [1.29, 1.82) is 0 Å². The molecule has 0 spiro atoms. The fourth-order valence-corrected chi connectivity index (χ4v) is 2.48. The maximum absolute atomic E-state index is 12.5. The van der Waals surface area contributed by atoms with Gasteiger partial charge in [0, 0.05) is 30.9 Å². The molecule has 2 rings (SSSR count). The van der Waals surface area contributed by atoms with Crippen LogP contribution in [0.5, 0.6) is 5.75 Å². The molecule has 6 nitrogen and oxygen atoms in total. The maximum atomic E-state index is 12.5. The summed E-state index contributed by atoms with van der Waals surface area (Å²) in [6, 6.07) is 4.49. The monoisotopic (exact) mass is 277 g/mol. The van der Waals surface area contributed by atoms with Crippen molar-refractivity contribution in [3.05, 3.63) is 23.8 Å². The van der Waals surface area contributed by atoms with Gasteiger partial charge < -0.3 is 20.7 Å². The van der Waals surface area contributed by atoms with Crippen LogP contribution in [0.25, 0.3) is 0 Å². The average Bonchev–Trinajstić information content (AvgIpc) is 2.94. The quantitative estimate of drug-likeness (QED) is 0.794. The summed E-state index contributed by atoms with van der Waals surface area (Å²) < 4.78 is 5.11. The number of benzene rings is 1. The molecule has 1 saturated heterocycles. The molecule has 1 heterocycles. The highest BCUT2D eigenvalue weighted by Crippen LogP contribution is 2.24. The Hall–Kier alpha value is -2.24. The number of carbonyl (C=O) groups is 2. The molecule has 1 aromatic rings. The molecule has 0 saturated carbocycles. The van der Waals surface area contributed by atoms with E-state index in [1.54, 1.807) is 30.1 Å². The molecule has 1 aromatic carbocycles. The van der Waals surface area contributed by atoms with Crippen molar-refractivity contribution in [1.82, 2.24) is 10.2 Å². The van der Waals surface area contributed by atoms with Gasteiger partial charge in [0.25, 0.3) is 5.91 Å². The van der Waals surface area contributed by atoms with Crippen LogP contribution < -0.4 is 15.8 Å². The van der Waals surface area contributed by atoms with Crippen LogP contribution in [-0.2, 0) is 4.79 Å². The smallest absolute Gasteiger partial charge is 0.254 e. The number of nitrogens with two attached hydrogens (primary N) is 1. The predicted octanol–water partition coefficient (Wildman–Crippen LogP) is 0.628. The molecular formula is C14H19N3O3. The average molecular weight is 277 g/mol.